The molecule has 6 rings (SSSR count). The van der Waals surface area contributed by atoms with Crippen molar-refractivity contribution in [2.24, 2.45) is 40.4 Å². The number of rotatable bonds is 6. The molecular formula is C38H48O2. The van der Waals surface area contributed by atoms with Gasteiger partial charge in [-0.1, -0.05) is 99.2 Å². The maximum absolute atomic E-state index is 11.6. The first kappa shape index (κ1) is 27.6. The van der Waals surface area contributed by atoms with Gasteiger partial charge in [-0.15, -0.1) is 0 Å². The summed E-state index contributed by atoms with van der Waals surface area (Å²) in [5.74, 6) is 3.79. The van der Waals surface area contributed by atoms with E-state index in [0.717, 1.165) is 42.9 Å². The number of benzene rings is 2. The summed E-state index contributed by atoms with van der Waals surface area (Å²) in [4.78, 5) is 11.6. The van der Waals surface area contributed by atoms with E-state index in [9.17, 15) is 4.79 Å². The molecule has 3 fully saturated rings. The molecule has 0 spiro atoms. The molecule has 212 valence electrons. The maximum Gasteiger partial charge on any atom is 0.302 e. The van der Waals surface area contributed by atoms with Crippen molar-refractivity contribution in [2.75, 3.05) is 0 Å². The van der Waals surface area contributed by atoms with Crippen LogP contribution in [-0.2, 0) is 9.53 Å². The molecule has 0 N–H and O–H groups in total. The Hall–Kier alpha value is -2.61. The van der Waals surface area contributed by atoms with Crippen molar-refractivity contribution >= 4 is 11.5 Å². The van der Waals surface area contributed by atoms with Gasteiger partial charge in [-0.2, -0.15) is 0 Å². The van der Waals surface area contributed by atoms with Crippen molar-refractivity contribution in [2.45, 2.75) is 91.6 Å². The smallest absolute Gasteiger partial charge is 0.302 e. The third kappa shape index (κ3) is 4.90. The lowest BCUT2D eigenvalue weighted by Gasteiger charge is -2.58. The highest BCUT2D eigenvalue weighted by Gasteiger charge is 2.59. The summed E-state index contributed by atoms with van der Waals surface area (Å²) in [7, 11) is 0. The fourth-order valence-corrected chi connectivity index (χ4v) is 10.0. The predicted molar refractivity (Wildman–Crippen MR) is 164 cm³/mol. The van der Waals surface area contributed by atoms with Crippen molar-refractivity contribution in [3.8, 4) is 0 Å². The normalized spacial score (nSPS) is 35.4. The molecule has 0 heterocycles. The molecule has 0 unspecified atom stereocenters. The Balaban J connectivity index is 1.20. The Labute approximate surface area is 242 Å². The average molecular weight is 537 g/mol. The van der Waals surface area contributed by atoms with Crippen molar-refractivity contribution in [3.63, 3.8) is 0 Å². The Morgan fingerprint density at radius 1 is 0.925 bits per heavy atom. The molecule has 40 heavy (non-hydrogen) atoms. The number of carbonyl (C=O) groups is 1. The van der Waals surface area contributed by atoms with Gasteiger partial charge in [0, 0.05) is 13.3 Å². The van der Waals surface area contributed by atoms with E-state index in [1.165, 1.54) is 55.2 Å². The second-order valence-corrected chi connectivity index (χ2v) is 14.0. The molecule has 0 aliphatic heterocycles. The van der Waals surface area contributed by atoms with E-state index in [4.69, 9.17) is 4.74 Å². The average Bonchev–Trinajstić information content (AvgIpc) is 3.31. The quantitative estimate of drug-likeness (QED) is 0.271. The Morgan fingerprint density at radius 2 is 1.60 bits per heavy atom. The molecule has 0 radical (unpaired) electrons. The lowest BCUT2D eigenvalue weighted by atomic mass is 9.47. The standard InChI is InChI=1S/C38H48O2/c1-26(15-17-32(28-11-7-5-8-12-28)29-13-9-6-10-14-29)34-19-20-35-33-18-16-30-25-31(40-27(2)39)21-23-37(30,3)36(33)22-24-38(34,35)4/h5-14,16-17,26,31,33-36H,15,18-25H2,1-4H3/t26-,31-,33+,34+,35-,36+,37+,38-/m1/s1. The lowest BCUT2D eigenvalue weighted by Crippen LogP contribution is -2.51. The van der Waals surface area contributed by atoms with Crippen molar-refractivity contribution in [1.29, 1.82) is 0 Å². The van der Waals surface area contributed by atoms with Crippen molar-refractivity contribution in [3.05, 3.63) is 89.5 Å². The van der Waals surface area contributed by atoms with Gasteiger partial charge in [0.25, 0.3) is 0 Å². The fraction of sp³-hybridized carbons (Fsp3) is 0.553. The van der Waals surface area contributed by atoms with Crippen LogP contribution in [0.4, 0.5) is 0 Å². The number of hydrogen-bond acceptors (Lipinski definition) is 2. The van der Waals surface area contributed by atoms with E-state index in [1.807, 2.05) is 0 Å². The summed E-state index contributed by atoms with van der Waals surface area (Å²) in [6.07, 6.45) is 16.3. The summed E-state index contributed by atoms with van der Waals surface area (Å²) < 4.78 is 5.66. The van der Waals surface area contributed by atoms with Crippen LogP contribution in [0.1, 0.15) is 96.6 Å². The summed E-state index contributed by atoms with van der Waals surface area (Å²) in [6.45, 7) is 9.31. The number of esters is 1. The molecule has 4 aliphatic rings. The Bertz CT molecular complexity index is 1220. The second-order valence-electron chi connectivity index (χ2n) is 14.0. The number of ether oxygens (including phenoxy) is 1. The van der Waals surface area contributed by atoms with Gasteiger partial charge in [0.1, 0.15) is 6.10 Å². The number of fused-ring (bicyclic) bond motifs is 5. The zero-order chi connectivity index (χ0) is 27.9. The largest absolute Gasteiger partial charge is 0.462 e. The highest BCUT2D eigenvalue weighted by molar-refractivity contribution is 5.79. The summed E-state index contributed by atoms with van der Waals surface area (Å²) >= 11 is 0. The SMILES string of the molecule is CC(=O)O[C@@H]1CC[C@@]2(C)C(=CC[C@H]3[C@H]4CC[C@@H]([C@H](C)CC=C(c5ccccc5)c5ccccc5)[C@@]4(C)CC[C@@H]32)C1. The highest BCUT2D eigenvalue weighted by Crippen LogP contribution is 2.67. The number of carbonyl (C=O) groups excluding carboxylic acids is 1. The van der Waals surface area contributed by atoms with Crippen LogP contribution < -0.4 is 0 Å². The van der Waals surface area contributed by atoms with Crippen LogP contribution in [0.5, 0.6) is 0 Å². The topological polar surface area (TPSA) is 26.3 Å². The maximum atomic E-state index is 11.6. The van der Waals surface area contributed by atoms with Crippen molar-refractivity contribution in [1.82, 2.24) is 0 Å². The van der Waals surface area contributed by atoms with E-state index in [2.05, 4.69) is 93.6 Å². The van der Waals surface area contributed by atoms with E-state index in [-0.39, 0.29) is 12.1 Å². The Morgan fingerprint density at radius 3 is 2.25 bits per heavy atom. The van der Waals surface area contributed by atoms with Gasteiger partial charge in [-0.3, -0.25) is 4.79 Å². The summed E-state index contributed by atoms with van der Waals surface area (Å²) in [5.41, 5.74) is 6.35. The van der Waals surface area contributed by atoms with Crippen LogP contribution in [0, 0.1) is 40.4 Å². The molecule has 2 heteroatoms. The minimum absolute atomic E-state index is 0.0867. The van der Waals surface area contributed by atoms with Crippen LogP contribution in [-0.4, -0.2) is 12.1 Å². The Kier molecular flexibility index (Phi) is 7.57. The van der Waals surface area contributed by atoms with Gasteiger partial charge >= 0.3 is 5.97 Å². The molecule has 2 aromatic carbocycles. The molecule has 0 aromatic heterocycles. The molecule has 4 aliphatic carbocycles. The first-order chi connectivity index (χ1) is 19.3. The molecule has 2 aromatic rings. The molecule has 0 saturated heterocycles. The summed E-state index contributed by atoms with van der Waals surface area (Å²) in [6, 6.07) is 21.9. The molecule has 0 bridgehead atoms. The molecule has 3 saturated carbocycles. The summed E-state index contributed by atoms with van der Waals surface area (Å²) in [5, 5.41) is 0. The predicted octanol–water partition coefficient (Wildman–Crippen LogP) is 9.66. The lowest BCUT2D eigenvalue weighted by molar-refractivity contribution is -0.148. The van der Waals surface area contributed by atoms with Gasteiger partial charge in [-0.25, -0.2) is 0 Å². The zero-order valence-corrected chi connectivity index (χ0v) is 25.1. The van der Waals surface area contributed by atoms with E-state index >= 15 is 0 Å². The van der Waals surface area contributed by atoms with Gasteiger partial charge in [0.15, 0.2) is 0 Å². The van der Waals surface area contributed by atoms with E-state index < -0.39 is 0 Å². The third-order valence-electron chi connectivity index (χ3n) is 12.0. The van der Waals surface area contributed by atoms with Crippen molar-refractivity contribution < 1.29 is 9.53 Å². The number of allylic oxidation sites excluding steroid dienone is 2. The van der Waals surface area contributed by atoms with Crippen LogP contribution in [0.15, 0.2) is 78.4 Å². The molecule has 8 atom stereocenters. The molecular weight excluding hydrogens is 488 g/mol. The minimum atomic E-state index is -0.128. The van der Waals surface area contributed by atoms with Crippen LogP contribution in [0.2, 0.25) is 0 Å². The van der Waals surface area contributed by atoms with Crippen LogP contribution in [0.3, 0.4) is 0 Å². The highest BCUT2D eigenvalue weighted by atomic mass is 16.5. The fourth-order valence-electron chi connectivity index (χ4n) is 10.0. The second kappa shape index (κ2) is 11.0. The third-order valence-corrected chi connectivity index (χ3v) is 12.0. The van der Waals surface area contributed by atoms with Gasteiger partial charge in [-0.05, 0) is 108 Å². The minimum Gasteiger partial charge on any atom is -0.462 e. The van der Waals surface area contributed by atoms with Crippen LogP contribution >= 0.6 is 0 Å². The van der Waals surface area contributed by atoms with Crippen LogP contribution in [0.25, 0.3) is 5.57 Å². The van der Waals surface area contributed by atoms with Gasteiger partial charge < -0.3 is 4.74 Å². The molecule has 2 nitrogen and oxygen atoms in total. The molecule has 0 amide bonds. The van der Waals surface area contributed by atoms with Gasteiger partial charge in [0.05, 0.1) is 0 Å². The zero-order valence-electron chi connectivity index (χ0n) is 25.1. The van der Waals surface area contributed by atoms with Gasteiger partial charge in [0.2, 0.25) is 0 Å². The first-order valence-electron chi connectivity index (χ1n) is 16.0. The van der Waals surface area contributed by atoms with E-state index in [1.54, 1.807) is 12.5 Å². The number of hydrogen-bond donors (Lipinski definition) is 0. The first-order valence-corrected chi connectivity index (χ1v) is 16.0. The van der Waals surface area contributed by atoms with E-state index in [0.29, 0.717) is 16.7 Å². The monoisotopic (exact) mass is 536 g/mol.